The molecule has 1 fully saturated rings. The third kappa shape index (κ3) is 3.07. The van der Waals surface area contributed by atoms with E-state index in [0.29, 0.717) is 5.92 Å². The first-order valence-electron chi connectivity index (χ1n) is 8.90. The highest BCUT2D eigenvalue weighted by atomic mass is 32.1. The van der Waals surface area contributed by atoms with E-state index in [2.05, 4.69) is 60.0 Å². The lowest BCUT2D eigenvalue weighted by Gasteiger charge is -2.27. The summed E-state index contributed by atoms with van der Waals surface area (Å²) in [7, 11) is 1.75. The molecule has 0 spiro atoms. The number of fused-ring (bicyclic) bond motifs is 3. The number of likely N-dealkylation sites (tertiary alicyclic amines) is 1. The van der Waals surface area contributed by atoms with Crippen LogP contribution in [0.25, 0.3) is 0 Å². The van der Waals surface area contributed by atoms with Gasteiger partial charge in [-0.3, -0.25) is 0 Å². The van der Waals surface area contributed by atoms with E-state index in [-0.39, 0.29) is 0 Å². The normalized spacial score (nSPS) is 22.9. The Morgan fingerprint density at radius 3 is 2.88 bits per heavy atom. The lowest BCUT2D eigenvalue weighted by atomic mass is 9.77. The van der Waals surface area contributed by atoms with Crippen molar-refractivity contribution in [2.24, 2.45) is 5.92 Å². The van der Waals surface area contributed by atoms with Crippen molar-refractivity contribution in [1.29, 1.82) is 0 Å². The average Bonchev–Trinajstić information content (AvgIpc) is 3.04. The minimum atomic E-state index is 0.700. The second-order valence-corrected chi connectivity index (χ2v) is 7.59. The molecule has 24 heavy (non-hydrogen) atoms. The molecule has 126 valence electrons. The fraction of sp³-hybridized carbons (Fsp3) is 0.429. The minimum Gasteiger partial charge on any atom is -0.497 e. The number of thiol groups is 1. The molecule has 1 heterocycles. The van der Waals surface area contributed by atoms with Gasteiger partial charge >= 0.3 is 0 Å². The summed E-state index contributed by atoms with van der Waals surface area (Å²) < 4.78 is 5.39. The molecule has 1 aliphatic heterocycles. The fourth-order valence-electron chi connectivity index (χ4n) is 4.42. The molecule has 2 aromatic carbocycles. The molecule has 2 nitrogen and oxygen atoms in total. The number of ether oxygens (including phenoxy) is 1. The number of benzene rings is 2. The molecule has 0 amide bonds. The second kappa shape index (κ2) is 6.81. The molecule has 0 radical (unpaired) electrons. The van der Waals surface area contributed by atoms with E-state index in [9.17, 15) is 0 Å². The lowest BCUT2D eigenvalue weighted by molar-refractivity contribution is 0.324. The van der Waals surface area contributed by atoms with Gasteiger partial charge in [0.15, 0.2) is 0 Å². The molecule has 4 rings (SSSR count). The highest BCUT2D eigenvalue weighted by molar-refractivity contribution is 7.80. The van der Waals surface area contributed by atoms with Gasteiger partial charge in [-0.15, -0.1) is 12.6 Å². The summed E-state index contributed by atoms with van der Waals surface area (Å²) in [4.78, 5) is 3.76. The Morgan fingerprint density at radius 2 is 2.04 bits per heavy atom. The Balaban J connectivity index is 1.44. The van der Waals surface area contributed by atoms with E-state index in [1.54, 1.807) is 12.7 Å². The Labute approximate surface area is 150 Å². The maximum atomic E-state index is 5.39. The molecule has 3 heteroatoms. The first kappa shape index (κ1) is 16.0. The van der Waals surface area contributed by atoms with Gasteiger partial charge in [0.05, 0.1) is 7.11 Å². The number of aryl methyl sites for hydroxylation is 1. The molecule has 2 aliphatic rings. The largest absolute Gasteiger partial charge is 0.497 e. The van der Waals surface area contributed by atoms with E-state index in [1.165, 1.54) is 37.1 Å². The number of rotatable bonds is 4. The van der Waals surface area contributed by atoms with Crippen LogP contribution in [-0.4, -0.2) is 31.6 Å². The highest BCUT2D eigenvalue weighted by Crippen LogP contribution is 2.42. The molecule has 1 aliphatic carbocycles. The van der Waals surface area contributed by atoms with E-state index < -0.39 is 0 Å². The molecule has 0 saturated carbocycles. The molecule has 0 bridgehead atoms. The first-order valence-corrected chi connectivity index (χ1v) is 9.35. The van der Waals surface area contributed by atoms with Crippen molar-refractivity contribution in [3.63, 3.8) is 0 Å². The topological polar surface area (TPSA) is 12.5 Å². The number of hydrogen-bond donors (Lipinski definition) is 1. The molecule has 2 aromatic rings. The zero-order valence-corrected chi connectivity index (χ0v) is 15.1. The van der Waals surface area contributed by atoms with Crippen LogP contribution in [0, 0.1) is 5.92 Å². The van der Waals surface area contributed by atoms with Gasteiger partial charge in [-0.2, -0.15) is 0 Å². The van der Waals surface area contributed by atoms with Crippen LogP contribution in [0.15, 0.2) is 47.4 Å². The van der Waals surface area contributed by atoms with Crippen LogP contribution >= 0.6 is 12.6 Å². The number of hydrogen-bond acceptors (Lipinski definition) is 3. The molecular formula is C21H25NOS. The summed E-state index contributed by atoms with van der Waals surface area (Å²) in [5.74, 6) is 2.51. The third-order valence-electron chi connectivity index (χ3n) is 5.74. The quantitative estimate of drug-likeness (QED) is 0.839. The van der Waals surface area contributed by atoms with Crippen molar-refractivity contribution in [2.45, 2.75) is 30.1 Å². The zero-order valence-electron chi connectivity index (χ0n) is 14.2. The third-order valence-corrected chi connectivity index (χ3v) is 6.18. The van der Waals surface area contributed by atoms with Gasteiger partial charge in [0, 0.05) is 30.4 Å². The maximum Gasteiger partial charge on any atom is 0.119 e. The standard InChI is InChI=1S/C21H25NOS/c1-23-18-8-9-19-16(12-18)6-7-17-13-22(14-20(17)19)11-10-15-4-2-3-5-21(15)24/h2-5,8-9,12,17,20,24H,6-7,10-11,13-14H2,1H3/t17-,20+/m0/s1. The van der Waals surface area contributed by atoms with Crippen molar-refractivity contribution in [3.8, 4) is 5.75 Å². The van der Waals surface area contributed by atoms with Crippen LogP contribution in [0.4, 0.5) is 0 Å². The van der Waals surface area contributed by atoms with Gasteiger partial charge in [0.1, 0.15) is 5.75 Å². The second-order valence-electron chi connectivity index (χ2n) is 7.11. The van der Waals surface area contributed by atoms with Gasteiger partial charge in [-0.25, -0.2) is 0 Å². The Bertz CT molecular complexity index is 730. The fourth-order valence-corrected chi connectivity index (χ4v) is 4.69. The van der Waals surface area contributed by atoms with Gasteiger partial charge in [-0.1, -0.05) is 24.3 Å². The molecule has 0 unspecified atom stereocenters. The van der Waals surface area contributed by atoms with E-state index in [1.807, 2.05) is 0 Å². The van der Waals surface area contributed by atoms with Crippen molar-refractivity contribution in [3.05, 3.63) is 59.2 Å². The van der Waals surface area contributed by atoms with Crippen molar-refractivity contribution < 1.29 is 4.74 Å². The van der Waals surface area contributed by atoms with Gasteiger partial charge < -0.3 is 9.64 Å². The molecule has 0 N–H and O–H groups in total. The summed E-state index contributed by atoms with van der Waals surface area (Å²) in [5.41, 5.74) is 4.42. The predicted molar refractivity (Wildman–Crippen MR) is 101 cm³/mol. The van der Waals surface area contributed by atoms with Gasteiger partial charge in [0.2, 0.25) is 0 Å². The van der Waals surface area contributed by atoms with Crippen LogP contribution in [0.3, 0.4) is 0 Å². The zero-order chi connectivity index (χ0) is 16.5. The van der Waals surface area contributed by atoms with Gasteiger partial charge in [0.25, 0.3) is 0 Å². The maximum absolute atomic E-state index is 5.39. The summed E-state index contributed by atoms with van der Waals surface area (Å²) in [5, 5.41) is 0. The van der Waals surface area contributed by atoms with Crippen molar-refractivity contribution >= 4 is 12.6 Å². The van der Waals surface area contributed by atoms with Crippen LogP contribution in [0.5, 0.6) is 5.75 Å². The van der Waals surface area contributed by atoms with Crippen LogP contribution in [-0.2, 0) is 12.8 Å². The summed E-state index contributed by atoms with van der Waals surface area (Å²) in [6.07, 6.45) is 3.60. The minimum absolute atomic E-state index is 0.700. The van der Waals surface area contributed by atoms with E-state index >= 15 is 0 Å². The van der Waals surface area contributed by atoms with E-state index in [4.69, 9.17) is 4.74 Å². The lowest BCUT2D eigenvalue weighted by Crippen LogP contribution is -2.23. The van der Waals surface area contributed by atoms with Crippen LogP contribution < -0.4 is 4.74 Å². The number of methoxy groups -OCH3 is 1. The average molecular weight is 340 g/mol. The summed E-state index contributed by atoms with van der Waals surface area (Å²) >= 11 is 4.58. The molecular weight excluding hydrogens is 314 g/mol. The Kier molecular flexibility index (Phi) is 4.55. The number of nitrogens with zero attached hydrogens (tertiary/aromatic N) is 1. The monoisotopic (exact) mass is 339 g/mol. The molecule has 0 aromatic heterocycles. The Morgan fingerprint density at radius 1 is 1.17 bits per heavy atom. The predicted octanol–water partition coefficient (Wildman–Crippen LogP) is 4.19. The molecule has 2 atom stereocenters. The SMILES string of the molecule is COc1ccc2c(c1)CC[C@H]1CN(CCc3ccccc3S)C[C@@H]21. The van der Waals surface area contributed by atoms with Gasteiger partial charge in [-0.05, 0) is 60.1 Å². The van der Waals surface area contributed by atoms with Crippen molar-refractivity contribution in [2.75, 3.05) is 26.7 Å². The molecule has 1 saturated heterocycles. The van der Waals surface area contributed by atoms with Crippen LogP contribution in [0.2, 0.25) is 0 Å². The van der Waals surface area contributed by atoms with Crippen LogP contribution in [0.1, 0.15) is 29.0 Å². The smallest absolute Gasteiger partial charge is 0.119 e. The summed E-state index contributed by atoms with van der Waals surface area (Å²) in [6, 6.07) is 15.1. The Hall–Kier alpha value is -1.45. The first-order chi connectivity index (χ1) is 11.7. The summed E-state index contributed by atoms with van der Waals surface area (Å²) in [6.45, 7) is 3.57. The van der Waals surface area contributed by atoms with E-state index in [0.717, 1.165) is 29.5 Å². The highest BCUT2D eigenvalue weighted by Gasteiger charge is 2.37. The van der Waals surface area contributed by atoms with Crippen molar-refractivity contribution in [1.82, 2.24) is 4.90 Å².